The van der Waals surface area contributed by atoms with Crippen molar-refractivity contribution in [3.63, 3.8) is 0 Å². The molecule has 1 aromatic heterocycles. The third kappa shape index (κ3) is 6.43. The average molecular weight is 494 g/mol. The molecule has 0 saturated heterocycles. The fourth-order valence-electron chi connectivity index (χ4n) is 2.36. The van der Waals surface area contributed by atoms with Gasteiger partial charge in [-0.3, -0.25) is 0 Å². The Kier molecular flexibility index (Phi) is 7.92. The van der Waals surface area contributed by atoms with E-state index in [1.165, 1.54) is 6.08 Å². The zero-order chi connectivity index (χ0) is 20.8. The summed E-state index contributed by atoms with van der Waals surface area (Å²) in [6.07, 6.45) is 3.33. The van der Waals surface area contributed by atoms with Crippen LogP contribution in [-0.4, -0.2) is 28.2 Å². The summed E-state index contributed by atoms with van der Waals surface area (Å²) >= 11 is 29.5. The molecule has 0 N–H and O–H groups in total. The van der Waals surface area contributed by atoms with Crippen LogP contribution in [0.1, 0.15) is 0 Å². The molecule has 0 radical (unpaired) electrons. The van der Waals surface area contributed by atoms with E-state index in [1.54, 1.807) is 28.9 Å². The molecule has 0 amide bonds. The van der Waals surface area contributed by atoms with Gasteiger partial charge in [0.15, 0.2) is 5.75 Å². The molecule has 0 spiro atoms. The summed E-state index contributed by atoms with van der Waals surface area (Å²) in [4.78, 5) is 0. The number of hydrogen-bond donors (Lipinski definition) is 0. The lowest BCUT2D eigenvalue weighted by Gasteiger charge is -2.12. The van der Waals surface area contributed by atoms with E-state index >= 15 is 0 Å². The van der Waals surface area contributed by atoms with E-state index in [-0.39, 0.29) is 11.1 Å². The second kappa shape index (κ2) is 10.4. The molecule has 0 aliphatic rings. The Bertz CT molecular complexity index is 978. The molecule has 0 atom stereocenters. The number of hydrogen-bond acceptors (Lipinski definition) is 4. The molecular weight excluding hydrogens is 479 g/mol. The molecule has 3 rings (SSSR count). The van der Waals surface area contributed by atoms with E-state index < -0.39 is 0 Å². The third-order valence-electron chi connectivity index (χ3n) is 3.70. The van der Waals surface area contributed by atoms with E-state index in [0.29, 0.717) is 39.7 Å². The highest BCUT2D eigenvalue weighted by Crippen LogP contribution is 2.37. The van der Waals surface area contributed by atoms with Gasteiger partial charge in [0, 0.05) is 22.7 Å². The maximum absolute atomic E-state index is 6.25. The molecule has 0 aliphatic heterocycles. The highest BCUT2D eigenvalue weighted by Gasteiger charge is 2.11. The molecule has 29 heavy (non-hydrogen) atoms. The normalized spacial score (nSPS) is 10.7. The molecular formula is C19H14Cl5N3O2. The molecule has 5 nitrogen and oxygen atoms in total. The Hall–Kier alpha value is -1.63. The van der Waals surface area contributed by atoms with Crippen molar-refractivity contribution in [2.24, 2.45) is 0 Å². The van der Waals surface area contributed by atoms with E-state index in [4.69, 9.17) is 67.5 Å². The molecule has 0 fully saturated rings. The predicted octanol–water partition coefficient (Wildman–Crippen LogP) is 6.68. The van der Waals surface area contributed by atoms with Crippen LogP contribution < -0.4 is 9.47 Å². The summed E-state index contributed by atoms with van der Waals surface area (Å²) in [7, 11) is 0. The number of aromatic nitrogens is 3. The van der Waals surface area contributed by atoms with Gasteiger partial charge in [-0.1, -0.05) is 75.4 Å². The van der Waals surface area contributed by atoms with Crippen LogP contribution >= 0.6 is 58.0 Å². The van der Waals surface area contributed by atoms with Gasteiger partial charge in [0.05, 0.1) is 22.8 Å². The van der Waals surface area contributed by atoms with Crippen molar-refractivity contribution < 1.29 is 9.47 Å². The summed E-state index contributed by atoms with van der Waals surface area (Å²) in [6.45, 7) is 0.954. The first kappa shape index (κ1) is 22.1. The average Bonchev–Trinajstić information content (AvgIpc) is 3.13. The van der Waals surface area contributed by atoms with Gasteiger partial charge in [0.2, 0.25) is 0 Å². The lowest BCUT2D eigenvalue weighted by atomic mass is 10.2. The lowest BCUT2D eigenvalue weighted by Crippen LogP contribution is -2.09. The summed E-state index contributed by atoms with van der Waals surface area (Å²) < 4.78 is 13.0. The minimum atomic E-state index is 0.120. The molecule has 0 bridgehead atoms. The highest BCUT2D eigenvalue weighted by atomic mass is 35.5. The van der Waals surface area contributed by atoms with E-state index in [0.717, 1.165) is 11.3 Å². The number of halogens is 5. The van der Waals surface area contributed by atoms with Gasteiger partial charge in [-0.05, 0) is 18.2 Å². The first-order valence-electron chi connectivity index (χ1n) is 8.34. The van der Waals surface area contributed by atoms with Gasteiger partial charge >= 0.3 is 0 Å². The van der Waals surface area contributed by atoms with Crippen molar-refractivity contribution in [2.45, 2.75) is 6.54 Å². The summed E-state index contributed by atoms with van der Waals surface area (Å²) in [5.41, 5.74) is 1.67. The summed E-state index contributed by atoms with van der Waals surface area (Å²) in [6, 6.07) is 10.6. The number of ether oxygens (including phenoxy) is 2. The maximum Gasteiger partial charge on any atom is 0.156 e. The van der Waals surface area contributed by atoms with Crippen LogP contribution in [0.15, 0.2) is 53.2 Å². The first-order valence-corrected chi connectivity index (χ1v) is 10.2. The van der Waals surface area contributed by atoms with Crippen molar-refractivity contribution in [1.29, 1.82) is 0 Å². The molecule has 1 heterocycles. The molecule has 0 aliphatic carbocycles. The van der Waals surface area contributed by atoms with E-state index in [1.807, 2.05) is 18.3 Å². The van der Waals surface area contributed by atoms with Crippen LogP contribution in [0.2, 0.25) is 15.1 Å². The molecule has 0 unspecified atom stereocenters. The van der Waals surface area contributed by atoms with Crippen LogP contribution in [-0.2, 0) is 6.54 Å². The van der Waals surface area contributed by atoms with Crippen molar-refractivity contribution in [2.75, 3.05) is 13.2 Å². The van der Waals surface area contributed by atoms with Crippen LogP contribution in [0.3, 0.4) is 0 Å². The van der Waals surface area contributed by atoms with Crippen LogP contribution in [0.5, 0.6) is 11.5 Å². The predicted molar refractivity (Wildman–Crippen MR) is 118 cm³/mol. The summed E-state index contributed by atoms with van der Waals surface area (Å²) in [5, 5.41) is 9.57. The number of rotatable bonds is 8. The van der Waals surface area contributed by atoms with Crippen LogP contribution in [0, 0.1) is 0 Å². The van der Waals surface area contributed by atoms with Gasteiger partial charge < -0.3 is 9.47 Å². The molecule has 152 valence electrons. The fourth-order valence-corrected chi connectivity index (χ4v) is 3.19. The molecule has 10 heteroatoms. The van der Waals surface area contributed by atoms with Crippen molar-refractivity contribution in [3.05, 3.63) is 68.2 Å². The zero-order valence-electron chi connectivity index (χ0n) is 14.8. The van der Waals surface area contributed by atoms with Gasteiger partial charge in [-0.2, -0.15) is 0 Å². The fraction of sp³-hybridized carbons (Fsp3) is 0.158. The Labute approximate surface area is 192 Å². The number of benzene rings is 2. The Balaban J connectivity index is 1.58. The van der Waals surface area contributed by atoms with E-state index in [9.17, 15) is 0 Å². The third-order valence-corrected chi connectivity index (χ3v) is 4.83. The van der Waals surface area contributed by atoms with E-state index in [2.05, 4.69) is 10.3 Å². The van der Waals surface area contributed by atoms with Gasteiger partial charge in [0.25, 0.3) is 0 Å². The van der Waals surface area contributed by atoms with Crippen LogP contribution in [0.4, 0.5) is 0 Å². The van der Waals surface area contributed by atoms with Crippen molar-refractivity contribution >= 4 is 58.0 Å². The quantitative estimate of drug-likeness (QED) is 0.351. The van der Waals surface area contributed by atoms with Crippen molar-refractivity contribution in [1.82, 2.24) is 15.0 Å². The largest absolute Gasteiger partial charge is 0.489 e. The Morgan fingerprint density at radius 3 is 2.34 bits per heavy atom. The van der Waals surface area contributed by atoms with Gasteiger partial charge in [0.1, 0.15) is 29.1 Å². The molecule has 0 saturated carbocycles. The smallest absolute Gasteiger partial charge is 0.156 e. The SMILES string of the molecule is ClC(Cl)=CCOc1cc(Cl)c(OCCn2cc(-c3ccc(Cl)cc3)nn2)c(Cl)c1. The van der Waals surface area contributed by atoms with Gasteiger partial charge in [-0.15, -0.1) is 5.10 Å². The summed E-state index contributed by atoms with van der Waals surface area (Å²) in [5.74, 6) is 0.840. The van der Waals surface area contributed by atoms with Crippen LogP contribution in [0.25, 0.3) is 11.3 Å². The molecule has 2 aromatic carbocycles. The minimum absolute atomic E-state index is 0.120. The Morgan fingerprint density at radius 1 is 1.00 bits per heavy atom. The van der Waals surface area contributed by atoms with Crippen molar-refractivity contribution in [3.8, 4) is 22.8 Å². The van der Waals surface area contributed by atoms with Gasteiger partial charge in [-0.25, -0.2) is 4.68 Å². The number of nitrogens with zero attached hydrogens (tertiary/aromatic N) is 3. The zero-order valence-corrected chi connectivity index (χ0v) is 18.6. The first-order chi connectivity index (χ1) is 13.9. The topological polar surface area (TPSA) is 49.2 Å². The standard InChI is InChI=1S/C19H14Cl5N3O2/c20-13-3-1-12(2-4-13)17-11-27(26-25-17)6-8-29-19-15(21)9-14(10-16(19)22)28-7-5-18(23)24/h1-5,9-11H,6-8H2. The maximum atomic E-state index is 6.25. The minimum Gasteiger partial charge on any atom is -0.489 e. The monoisotopic (exact) mass is 491 g/mol. The Morgan fingerprint density at radius 2 is 1.69 bits per heavy atom. The highest BCUT2D eigenvalue weighted by molar-refractivity contribution is 6.55. The second-order valence-corrected chi connectivity index (χ2v) is 8.00. The molecule has 3 aromatic rings. The lowest BCUT2D eigenvalue weighted by molar-refractivity contribution is 0.289. The second-order valence-electron chi connectivity index (χ2n) is 5.74.